The standard InChI is InChI=1S/C10H12N2O.Na.H/c1-12-9(4-5-10(12)13)8-3-2-6-11-7-8;;/h2-3,6-7,9H,4-5H2,1H3;;/q;+1;-1/t9-;;/m0../s1. The maximum atomic E-state index is 11.3. The molecule has 3 nitrogen and oxygen atoms in total. The van der Waals surface area contributed by atoms with Gasteiger partial charge in [0.05, 0.1) is 6.04 Å². The van der Waals surface area contributed by atoms with Crippen molar-refractivity contribution in [1.82, 2.24) is 9.88 Å². The molecule has 0 N–H and O–H groups in total. The molecule has 2 rings (SSSR count). The Balaban J connectivity index is 0.000000980. The van der Waals surface area contributed by atoms with Crippen LogP contribution in [0.15, 0.2) is 24.5 Å². The average molecular weight is 200 g/mol. The fourth-order valence-electron chi connectivity index (χ4n) is 1.77. The SMILES string of the molecule is CN1C(=O)CC[C@H]1c1cccnc1.[H-].[Na+]. The van der Waals surface area contributed by atoms with E-state index in [1.165, 1.54) is 0 Å². The molecule has 14 heavy (non-hydrogen) atoms. The van der Waals surface area contributed by atoms with Gasteiger partial charge in [0.25, 0.3) is 0 Å². The van der Waals surface area contributed by atoms with Gasteiger partial charge in [0.2, 0.25) is 5.91 Å². The number of likely N-dealkylation sites (tertiary alicyclic amines) is 1. The summed E-state index contributed by atoms with van der Waals surface area (Å²) in [5, 5.41) is 0. The average Bonchev–Trinajstić information content (AvgIpc) is 2.49. The normalized spacial score (nSPS) is 20.8. The van der Waals surface area contributed by atoms with Crippen molar-refractivity contribution in [1.29, 1.82) is 0 Å². The maximum absolute atomic E-state index is 11.3. The van der Waals surface area contributed by atoms with Crippen molar-refractivity contribution in [3.63, 3.8) is 0 Å². The molecule has 4 heteroatoms. The Morgan fingerprint density at radius 3 is 2.93 bits per heavy atom. The molecule has 0 saturated carbocycles. The molecule has 0 radical (unpaired) electrons. The summed E-state index contributed by atoms with van der Waals surface area (Å²) in [5.41, 5.74) is 1.14. The van der Waals surface area contributed by atoms with Crippen LogP contribution in [0.25, 0.3) is 0 Å². The van der Waals surface area contributed by atoms with Crippen LogP contribution in [0.4, 0.5) is 0 Å². The van der Waals surface area contributed by atoms with Crippen LogP contribution in [0.3, 0.4) is 0 Å². The minimum absolute atomic E-state index is 0. The molecule has 1 aliphatic rings. The fraction of sp³-hybridized carbons (Fsp3) is 0.400. The van der Waals surface area contributed by atoms with Gasteiger partial charge in [-0.1, -0.05) is 6.07 Å². The third-order valence-corrected chi connectivity index (χ3v) is 2.56. The van der Waals surface area contributed by atoms with Crippen LogP contribution in [0.5, 0.6) is 0 Å². The molecule has 1 atom stereocenters. The minimum atomic E-state index is 0. The van der Waals surface area contributed by atoms with E-state index in [0.29, 0.717) is 6.42 Å². The van der Waals surface area contributed by atoms with Crippen molar-refractivity contribution in [2.24, 2.45) is 0 Å². The number of carbonyl (C=O) groups excluding carboxylic acids is 1. The number of aromatic nitrogens is 1. The van der Waals surface area contributed by atoms with Gasteiger partial charge in [-0.05, 0) is 18.1 Å². The van der Waals surface area contributed by atoms with E-state index in [4.69, 9.17) is 0 Å². The van der Waals surface area contributed by atoms with Gasteiger partial charge in [0.1, 0.15) is 0 Å². The van der Waals surface area contributed by atoms with Crippen LogP contribution in [0, 0.1) is 0 Å². The number of hydrogen-bond acceptors (Lipinski definition) is 2. The zero-order chi connectivity index (χ0) is 9.26. The Morgan fingerprint density at radius 1 is 1.64 bits per heavy atom. The van der Waals surface area contributed by atoms with E-state index in [9.17, 15) is 4.79 Å². The molecule has 0 aromatic carbocycles. The van der Waals surface area contributed by atoms with E-state index < -0.39 is 0 Å². The van der Waals surface area contributed by atoms with Gasteiger partial charge in [0.15, 0.2) is 0 Å². The first-order valence-corrected chi connectivity index (χ1v) is 4.44. The quantitative estimate of drug-likeness (QED) is 0.516. The summed E-state index contributed by atoms with van der Waals surface area (Å²) in [6.45, 7) is 0. The van der Waals surface area contributed by atoms with Crippen molar-refractivity contribution < 1.29 is 35.8 Å². The Kier molecular flexibility index (Phi) is 4.11. The molecule has 1 fully saturated rings. The Bertz CT molecular complexity index is 320. The molecule has 2 heterocycles. The number of amides is 1. The molecule has 0 aliphatic carbocycles. The van der Waals surface area contributed by atoms with Gasteiger partial charge < -0.3 is 6.33 Å². The first-order chi connectivity index (χ1) is 6.29. The van der Waals surface area contributed by atoms with E-state index >= 15 is 0 Å². The number of rotatable bonds is 1. The molecule has 1 aromatic rings. The summed E-state index contributed by atoms with van der Waals surface area (Å²) in [5.74, 6) is 0.230. The van der Waals surface area contributed by atoms with Crippen molar-refractivity contribution in [2.45, 2.75) is 18.9 Å². The second kappa shape index (κ2) is 4.91. The topological polar surface area (TPSA) is 33.2 Å². The monoisotopic (exact) mass is 200 g/mol. The van der Waals surface area contributed by atoms with Crippen molar-refractivity contribution >= 4 is 5.91 Å². The molecule has 0 spiro atoms. The maximum Gasteiger partial charge on any atom is 1.00 e. The third-order valence-electron chi connectivity index (χ3n) is 2.56. The van der Waals surface area contributed by atoms with Crippen LogP contribution in [0.2, 0.25) is 0 Å². The van der Waals surface area contributed by atoms with E-state index in [1.807, 2.05) is 25.4 Å². The van der Waals surface area contributed by atoms with Crippen LogP contribution in [-0.4, -0.2) is 22.8 Å². The van der Waals surface area contributed by atoms with E-state index in [-0.39, 0.29) is 42.9 Å². The van der Waals surface area contributed by atoms with Gasteiger partial charge in [-0.3, -0.25) is 9.78 Å². The number of nitrogens with zero attached hydrogens (tertiary/aromatic N) is 2. The summed E-state index contributed by atoms with van der Waals surface area (Å²) in [7, 11) is 1.85. The zero-order valence-corrected chi connectivity index (χ0v) is 10.6. The van der Waals surface area contributed by atoms with E-state index in [0.717, 1.165) is 12.0 Å². The van der Waals surface area contributed by atoms with Gasteiger partial charge in [-0.25, -0.2) is 0 Å². The molecule has 1 aliphatic heterocycles. The first-order valence-electron chi connectivity index (χ1n) is 4.44. The number of pyridine rings is 1. The molecule has 1 amide bonds. The van der Waals surface area contributed by atoms with E-state index in [2.05, 4.69) is 4.98 Å². The number of carbonyl (C=O) groups is 1. The van der Waals surface area contributed by atoms with Crippen LogP contribution >= 0.6 is 0 Å². The summed E-state index contributed by atoms with van der Waals surface area (Å²) in [6, 6.07) is 4.17. The van der Waals surface area contributed by atoms with Gasteiger partial charge in [-0.2, -0.15) is 0 Å². The van der Waals surface area contributed by atoms with Crippen LogP contribution in [0.1, 0.15) is 25.9 Å². The van der Waals surface area contributed by atoms with Crippen molar-refractivity contribution in [3.05, 3.63) is 30.1 Å². The summed E-state index contributed by atoms with van der Waals surface area (Å²) >= 11 is 0. The van der Waals surface area contributed by atoms with Crippen LogP contribution < -0.4 is 29.6 Å². The summed E-state index contributed by atoms with van der Waals surface area (Å²) in [4.78, 5) is 17.1. The first kappa shape index (κ1) is 11.7. The molecule has 1 aromatic heterocycles. The predicted molar refractivity (Wildman–Crippen MR) is 50.1 cm³/mol. The Labute approximate surface area is 107 Å². The zero-order valence-electron chi connectivity index (χ0n) is 9.60. The Hall–Kier alpha value is -0.380. The largest absolute Gasteiger partial charge is 1.00 e. The smallest absolute Gasteiger partial charge is 1.00 e. The van der Waals surface area contributed by atoms with Gasteiger partial charge in [0, 0.05) is 25.9 Å². The second-order valence-corrected chi connectivity index (χ2v) is 3.35. The molecule has 0 bridgehead atoms. The molecular formula is C10H13N2NaO. The number of hydrogen-bond donors (Lipinski definition) is 0. The molecular weight excluding hydrogens is 187 g/mol. The fourth-order valence-corrected chi connectivity index (χ4v) is 1.77. The third kappa shape index (κ3) is 2.16. The Morgan fingerprint density at radius 2 is 2.43 bits per heavy atom. The second-order valence-electron chi connectivity index (χ2n) is 3.35. The van der Waals surface area contributed by atoms with Crippen molar-refractivity contribution in [2.75, 3.05) is 7.05 Å². The van der Waals surface area contributed by atoms with Crippen LogP contribution in [-0.2, 0) is 4.79 Å². The molecule has 0 unspecified atom stereocenters. The van der Waals surface area contributed by atoms with E-state index in [1.54, 1.807) is 11.1 Å². The van der Waals surface area contributed by atoms with Crippen molar-refractivity contribution in [3.8, 4) is 0 Å². The minimum Gasteiger partial charge on any atom is -1.00 e. The predicted octanol–water partition coefficient (Wildman–Crippen LogP) is -1.51. The molecule has 1 saturated heterocycles. The van der Waals surface area contributed by atoms with Gasteiger partial charge >= 0.3 is 29.6 Å². The molecule has 70 valence electrons. The summed E-state index contributed by atoms with van der Waals surface area (Å²) < 4.78 is 0. The van der Waals surface area contributed by atoms with Gasteiger partial charge in [-0.15, -0.1) is 0 Å². The summed E-state index contributed by atoms with van der Waals surface area (Å²) in [6.07, 6.45) is 5.16.